The van der Waals surface area contributed by atoms with Crippen molar-refractivity contribution >= 4 is 0 Å². The molecule has 0 heterocycles. The monoisotopic (exact) mass is 182 g/mol. The van der Waals surface area contributed by atoms with Crippen LogP contribution in [0.3, 0.4) is 0 Å². The highest BCUT2D eigenvalue weighted by molar-refractivity contribution is 5.26. The summed E-state index contributed by atoms with van der Waals surface area (Å²) in [6.07, 6.45) is 5.08. The maximum Gasteiger partial charge on any atom is 0.126 e. The lowest BCUT2D eigenvalue weighted by molar-refractivity contribution is 0.571. The Morgan fingerprint density at radius 1 is 1.31 bits per heavy atom. The van der Waals surface area contributed by atoms with E-state index in [2.05, 4.69) is 11.3 Å². The van der Waals surface area contributed by atoms with E-state index in [0.717, 1.165) is 18.2 Å². The smallest absolute Gasteiger partial charge is 0.126 e. The molecule has 1 unspecified atom stereocenters. The van der Waals surface area contributed by atoms with Crippen molar-refractivity contribution in [1.82, 2.24) is 5.43 Å². The van der Waals surface area contributed by atoms with Crippen LogP contribution >= 0.6 is 0 Å². The first kappa shape index (κ1) is 9.65. The predicted molar refractivity (Wildman–Crippen MR) is 45.3 cm³/mol. The largest absolute Gasteiger partial charge is 0.270 e. The lowest BCUT2D eigenvalue weighted by atomic mass is 10.1. The minimum absolute atomic E-state index is 0.294. The fourth-order valence-corrected chi connectivity index (χ4v) is 0.982. The molecule has 0 fully saturated rings. The molecular weight excluding hydrogens is 174 g/mol. The predicted octanol–water partition coefficient (Wildman–Crippen LogP) is 1.10. The van der Waals surface area contributed by atoms with E-state index in [-0.39, 0.29) is 0 Å². The Morgan fingerprint density at radius 2 is 1.85 bits per heavy atom. The molecule has 4 heteroatoms. The second-order valence-electron chi connectivity index (χ2n) is 2.47. The molecule has 3 N–H and O–H groups in total. The zero-order valence-corrected chi connectivity index (χ0v) is 6.72. The van der Waals surface area contributed by atoms with Crippen LogP contribution in [0.25, 0.3) is 0 Å². The number of terminal acetylenes is 1. The zero-order valence-electron chi connectivity index (χ0n) is 6.72. The topological polar surface area (TPSA) is 38.0 Å². The highest BCUT2D eigenvalue weighted by Gasteiger charge is 2.08. The number of nitrogens with one attached hydrogen (secondary N) is 1. The molecule has 0 aliphatic heterocycles. The van der Waals surface area contributed by atoms with E-state index in [9.17, 15) is 8.78 Å². The summed E-state index contributed by atoms with van der Waals surface area (Å²) >= 11 is 0. The minimum Gasteiger partial charge on any atom is -0.270 e. The van der Waals surface area contributed by atoms with Gasteiger partial charge in [-0.05, 0) is 17.7 Å². The summed E-state index contributed by atoms with van der Waals surface area (Å²) < 4.78 is 25.4. The molecule has 0 saturated carbocycles. The van der Waals surface area contributed by atoms with E-state index in [1.165, 1.54) is 0 Å². The van der Waals surface area contributed by atoms with Gasteiger partial charge in [0.1, 0.15) is 17.7 Å². The van der Waals surface area contributed by atoms with Crippen LogP contribution in [-0.2, 0) is 0 Å². The molecule has 0 aliphatic carbocycles. The average molecular weight is 182 g/mol. The van der Waals surface area contributed by atoms with Gasteiger partial charge in [-0.25, -0.2) is 14.2 Å². The molecular formula is C9H8F2N2. The fraction of sp³-hybridized carbons (Fsp3) is 0.111. The molecule has 0 amide bonds. The third-order valence-electron chi connectivity index (χ3n) is 1.55. The number of hydrogen-bond acceptors (Lipinski definition) is 2. The van der Waals surface area contributed by atoms with Crippen molar-refractivity contribution in [3.8, 4) is 12.3 Å². The average Bonchev–Trinajstić information content (AvgIpc) is 2.04. The van der Waals surface area contributed by atoms with Gasteiger partial charge in [-0.2, -0.15) is 0 Å². The molecule has 2 nitrogen and oxygen atoms in total. The van der Waals surface area contributed by atoms with E-state index in [1.54, 1.807) is 0 Å². The Hall–Kier alpha value is -1.44. The molecule has 0 aromatic heterocycles. The van der Waals surface area contributed by atoms with Gasteiger partial charge in [-0.3, -0.25) is 5.84 Å². The van der Waals surface area contributed by atoms with Gasteiger partial charge in [-0.15, -0.1) is 6.42 Å². The molecule has 0 radical (unpaired) electrons. The summed E-state index contributed by atoms with van der Waals surface area (Å²) in [6, 6.07) is 2.36. The van der Waals surface area contributed by atoms with Crippen molar-refractivity contribution in [3.05, 3.63) is 35.4 Å². The van der Waals surface area contributed by atoms with Crippen molar-refractivity contribution in [3.63, 3.8) is 0 Å². The maximum atomic E-state index is 12.7. The van der Waals surface area contributed by atoms with Crippen LogP contribution < -0.4 is 11.3 Å². The van der Waals surface area contributed by atoms with Crippen LogP contribution in [0.5, 0.6) is 0 Å². The third kappa shape index (κ3) is 2.25. The molecule has 1 aromatic rings. The Morgan fingerprint density at radius 3 is 2.23 bits per heavy atom. The van der Waals surface area contributed by atoms with Crippen LogP contribution in [0, 0.1) is 24.0 Å². The zero-order chi connectivity index (χ0) is 9.84. The molecule has 0 saturated heterocycles. The van der Waals surface area contributed by atoms with Gasteiger partial charge in [0, 0.05) is 6.07 Å². The summed E-state index contributed by atoms with van der Waals surface area (Å²) in [5.41, 5.74) is 2.55. The number of nitrogens with two attached hydrogens (primary N) is 1. The fourth-order valence-electron chi connectivity index (χ4n) is 0.982. The lowest BCUT2D eigenvalue weighted by Gasteiger charge is -2.09. The van der Waals surface area contributed by atoms with Crippen molar-refractivity contribution in [2.75, 3.05) is 0 Å². The molecule has 1 rings (SSSR count). The Bertz CT molecular complexity index is 324. The van der Waals surface area contributed by atoms with E-state index in [0.29, 0.717) is 5.56 Å². The molecule has 1 aromatic carbocycles. The van der Waals surface area contributed by atoms with Gasteiger partial charge in [0.2, 0.25) is 0 Å². The Labute approximate surface area is 74.7 Å². The van der Waals surface area contributed by atoms with Crippen molar-refractivity contribution in [1.29, 1.82) is 0 Å². The molecule has 0 bridgehead atoms. The first-order valence-corrected chi connectivity index (χ1v) is 3.55. The van der Waals surface area contributed by atoms with Gasteiger partial charge in [0.25, 0.3) is 0 Å². The molecule has 0 spiro atoms. The Balaban J connectivity index is 3.08. The molecule has 68 valence electrons. The highest BCUT2D eigenvalue weighted by atomic mass is 19.1. The summed E-state index contributed by atoms with van der Waals surface area (Å²) in [5, 5.41) is 0. The first-order valence-electron chi connectivity index (χ1n) is 3.55. The number of hydrogen-bond donors (Lipinski definition) is 2. The van der Waals surface area contributed by atoms with Gasteiger partial charge in [0.05, 0.1) is 0 Å². The first-order chi connectivity index (χ1) is 6.17. The van der Waals surface area contributed by atoms with Gasteiger partial charge in [-0.1, -0.05) is 5.92 Å². The number of rotatable bonds is 2. The second-order valence-corrected chi connectivity index (χ2v) is 2.47. The van der Waals surface area contributed by atoms with Crippen LogP contribution in [-0.4, -0.2) is 0 Å². The lowest BCUT2D eigenvalue weighted by Crippen LogP contribution is -2.26. The van der Waals surface area contributed by atoms with Crippen molar-refractivity contribution in [2.24, 2.45) is 5.84 Å². The van der Waals surface area contributed by atoms with Gasteiger partial charge in [0.15, 0.2) is 0 Å². The van der Waals surface area contributed by atoms with Crippen LogP contribution in [0.4, 0.5) is 8.78 Å². The quantitative estimate of drug-likeness (QED) is 0.408. The normalized spacial score (nSPS) is 12.2. The second kappa shape index (κ2) is 3.99. The van der Waals surface area contributed by atoms with E-state index >= 15 is 0 Å². The third-order valence-corrected chi connectivity index (χ3v) is 1.55. The SMILES string of the molecule is C#CC(NN)c1cc(F)cc(F)c1. The molecule has 0 aliphatic rings. The standard InChI is InChI=1S/C9H8F2N2/c1-2-9(13-12)6-3-7(10)5-8(11)4-6/h1,3-5,9,13H,12H2. The number of halogens is 2. The van der Waals surface area contributed by atoms with Crippen LogP contribution in [0.15, 0.2) is 18.2 Å². The summed E-state index contributed by atoms with van der Waals surface area (Å²) in [6.45, 7) is 0. The van der Waals surface area contributed by atoms with E-state index in [4.69, 9.17) is 12.3 Å². The van der Waals surface area contributed by atoms with Crippen molar-refractivity contribution in [2.45, 2.75) is 6.04 Å². The number of hydrazine groups is 1. The summed E-state index contributed by atoms with van der Waals surface area (Å²) in [5.74, 6) is 5.98. The van der Waals surface area contributed by atoms with Crippen LogP contribution in [0.1, 0.15) is 11.6 Å². The van der Waals surface area contributed by atoms with E-state index in [1.807, 2.05) is 0 Å². The Kier molecular flexibility index (Phi) is 2.96. The van der Waals surface area contributed by atoms with Gasteiger partial charge < -0.3 is 0 Å². The maximum absolute atomic E-state index is 12.7. The minimum atomic E-state index is -0.676. The summed E-state index contributed by atoms with van der Waals surface area (Å²) in [7, 11) is 0. The van der Waals surface area contributed by atoms with Gasteiger partial charge >= 0.3 is 0 Å². The molecule has 1 atom stereocenters. The number of benzene rings is 1. The van der Waals surface area contributed by atoms with Crippen molar-refractivity contribution < 1.29 is 8.78 Å². The van der Waals surface area contributed by atoms with E-state index < -0.39 is 17.7 Å². The molecule has 13 heavy (non-hydrogen) atoms. The van der Waals surface area contributed by atoms with Crippen LogP contribution in [0.2, 0.25) is 0 Å². The highest BCUT2D eigenvalue weighted by Crippen LogP contribution is 2.14. The summed E-state index contributed by atoms with van der Waals surface area (Å²) in [4.78, 5) is 0.